The molecule has 0 spiro atoms. The summed E-state index contributed by atoms with van der Waals surface area (Å²) in [6.45, 7) is 13.0. The number of nitrogens with one attached hydrogen (secondary N) is 3. The van der Waals surface area contributed by atoms with Gasteiger partial charge in [-0.05, 0) is 12.8 Å². The Morgan fingerprint density at radius 3 is 1.05 bits per heavy atom. The van der Waals surface area contributed by atoms with E-state index in [2.05, 4.69) is 29.8 Å². The van der Waals surface area contributed by atoms with Gasteiger partial charge in [0.2, 0.25) is 17.7 Å². The van der Waals surface area contributed by atoms with Crippen molar-refractivity contribution in [1.29, 1.82) is 0 Å². The molecule has 0 aliphatic rings. The van der Waals surface area contributed by atoms with Crippen molar-refractivity contribution in [3.05, 3.63) is 0 Å². The quantitative estimate of drug-likeness (QED) is 0.0246. The third-order valence-corrected chi connectivity index (χ3v) is 16.5. The van der Waals surface area contributed by atoms with Crippen LogP contribution >= 0.6 is 11.8 Å². The molecule has 0 rings (SSSR count). The molecule has 27 heteroatoms. The van der Waals surface area contributed by atoms with Gasteiger partial charge < -0.3 is 98.2 Å². The Morgan fingerprint density at radius 2 is 0.704 bits per heavy atom. The first-order chi connectivity index (χ1) is 48.0. The number of esters is 2. The summed E-state index contributed by atoms with van der Waals surface area (Å²) in [4.78, 5) is 73.3. The number of unbranched alkanes of at least 4 members (excludes halogenated alkanes) is 24. The van der Waals surface area contributed by atoms with E-state index in [0.717, 1.165) is 38.5 Å². The van der Waals surface area contributed by atoms with Crippen LogP contribution in [0.5, 0.6) is 0 Å². The molecule has 0 heterocycles. The second-order valence-electron chi connectivity index (χ2n) is 24.1. The number of rotatable bonds is 81. The zero-order valence-corrected chi connectivity index (χ0v) is 61.5. The van der Waals surface area contributed by atoms with Gasteiger partial charge in [-0.2, -0.15) is 11.8 Å². The van der Waals surface area contributed by atoms with Crippen LogP contribution in [0.25, 0.3) is 0 Å². The zero-order valence-electron chi connectivity index (χ0n) is 60.7. The third kappa shape index (κ3) is 72.4. The molecule has 0 aromatic carbocycles. The van der Waals surface area contributed by atoms with E-state index < -0.39 is 49.1 Å². The number of hydrogen-bond acceptors (Lipinski definition) is 23. The topological polar surface area (TPSA) is 334 Å². The van der Waals surface area contributed by atoms with Crippen molar-refractivity contribution in [1.82, 2.24) is 16.0 Å². The van der Waals surface area contributed by atoms with Crippen molar-refractivity contribution in [3.63, 3.8) is 0 Å². The van der Waals surface area contributed by atoms with E-state index in [1.165, 1.54) is 140 Å². The van der Waals surface area contributed by atoms with E-state index in [9.17, 15) is 33.9 Å². The molecule has 3 amide bonds. The van der Waals surface area contributed by atoms with Crippen molar-refractivity contribution in [3.8, 4) is 0 Å². The van der Waals surface area contributed by atoms with Crippen LogP contribution in [0.15, 0.2) is 0 Å². The second-order valence-corrected chi connectivity index (χ2v) is 25.1. The molecule has 0 saturated heterocycles. The molecule has 0 radical (unpaired) electrons. The van der Waals surface area contributed by atoms with Gasteiger partial charge in [-0.3, -0.25) is 28.8 Å². The molecule has 578 valence electrons. The van der Waals surface area contributed by atoms with E-state index in [0.29, 0.717) is 164 Å². The van der Waals surface area contributed by atoms with Gasteiger partial charge in [0.25, 0.3) is 0 Å². The zero-order chi connectivity index (χ0) is 71.4. The van der Waals surface area contributed by atoms with Gasteiger partial charge in [-0.1, -0.05) is 168 Å². The van der Waals surface area contributed by atoms with Gasteiger partial charge in [-0.15, -0.1) is 0 Å². The van der Waals surface area contributed by atoms with E-state index >= 15 is 0 Å². The lowest BCUT2D eigenvalue weighted by Gasteiger charge is -2.20. The number of carbonyl (C=O) groups excluding carboxylic acids is 5. The first-order valence-electron chi connectivity index (χ1n) is 37.3. The molecule has 0 aromatic rings. The number of amides is 3. The van der Waals surface area contributed by atoms with Crippen molar-refractivity contribution in [2.45, 2.75) is 225 Å². The van der Waals surface area contributed by atoms with Crippen molar-refractivity contribution in [2.75, 3.05) is 196 Å². The summed E-state index contributed by atoms with van der Waals surface area (Å²) in [5.74, 6) is -2.71. The molecule has 0 aliphatic carbocycles. The molecule has 0 fully saturated rings. The predicted molar refractivity (Wildman–Crippen MR) is 378 cm³/mol. The van der Waals surface area contributed by atoms with Crippen LogP contribution < -0.4 is 21.7 Å². The number of nitrogens with two attached hydrogens (primary N) is 1. The van der Waals surface area contributed by atoms with Crippen LogP contribution in [-0.2, 0) is 95.1 Å². The Kier molecular flexibility index (Phi) is 75.1. The molecular weight excluding hydrogens is 1290 g/mol. The van der Waals surface area contributed by atoms with Crippen LogP contribution in [0, 0.1) is 0 Å². The van der Waals surface area contributed by atoms with Crippen LogP contribution in [-0.4, -0.2) is 260 Å². The SMILES string of the molecule is CCCCCCCCCCCCCCCC(=O)OCC[C@H](CSC[C@H](N)C(=O)N[C@@H](CO)C(=O)NCCOCCOCCOCCOCCOCCOCCOCCOCCOCCOCCOCCOCCC(=O)NCC(=O)O)OC(=O)CCCCCCCCCCCCCCC. The van der Waals surface area contributed by atoms with Crippen LogP contribution in [0.3, 0.4) is 0 Å². The minimum atomic E-state index is -1.21. The molecule has 26 nitrogen and oxygen atoms in total. The monoisotopic (exact) mass is 1430 g/mol. The second kappa shape index (κ2) is 77.8. The summed E-state index contributed by atoms with van der Waals surface area (Å²) in [6.07, 6.45) is 32.3. The highest BCUT2D eigenvalue weighted by atomic mass is 32.2. The standard InChI is InChI=1S/C71H136N4O22S/c1-3-5-7-9-11-13-15-17-19-21-23-25-27-29-68(80)96-35-31-63(97-69(81)30-28-26-24-22-20-18-16-14-12-10-8-6-4-2)61-98-62-64(72)70(82)75-65(60-76)71(83)73-33-36-85-38-40-87-42-44-89-46-48-91-50-52-93-54-56-95-58-57-94-55-53-92-51-49-90-47-45-88-43-41-86-39-37-84-34-32-66(77)74-59-67(78)79/h63-65,76H,3-62,72H2,1-2H3,(H,73,83)(H,74,77)(H,75,82)(H,78,79)/t63-,64+,65+/m1/s1. The summed E-state index contributed by atoms with van der Waals surface area (Å²) in [5.41, 5.74) is 6.23. The number of thioether (sulfide) groups is 1. The molecule has 0 saturated carbocycles. The minimum absolute atomic E-state index is 0.0868. The summed E-state index contributed by atoms with van der Waals surface area (Å²) in [5, 5.41) is 25.9. The van der Waals surface area contributed by atoms with Crippen molar-refractivity contribution < 1.29 is 105 Å². The lowest BCUT2D eigenvalue weighted by atomic mass is 10.0. The summed E-state index contributed by atoms with van der Waals surface area (Å²) in [7, 11) is 0. The highest BCUT2D eigenvalue weighted by molar-refractivity contribution is 7.99. The smallest absolute Gasteiger partial charge is 0.322 e. The molecular formula is C71H136N4O22S. The number of aliphatic hydroxyl groups is 1. The Bertz CT molecular complexity index is 1790. The molecule has 3 atom stereocenters. The largest absolute Gasteiger partial charge is 0.480 e. The summed E-state index contributed by atoms with van der Waals surface area (Å²) >= 11 is 1.33. The Morgan fingerprint density at radius 1 is 0.378 bits per heavy atom. The van der Waals surface area contributed by atoms with Crippen molar-refractivity contribution in [2.24, 2.45) is 5.73 Å². The average molecular weight is 1430 g/mol. The molecule has 98 heavy (non-hydrogen) atoms. The van der Waals surface area contributed by atoms with Gasteiger partial charge >= 0.3 is 17.9 Å². The maximum atomic E-state index is 13.0. The Hall–Kier alpha value is -3.39. The van der Waals surface area contributed by atoms with Crippen LogP contribution in [0.1, 0.15) is 206 Å². The first-order valence-corrected chi connectivity index (χ1v) is 38.5. The fourth-order valence-corrected chi connectivity index (χ4v) is 10.6. The maximum Gasteiger partial charge on any atom is 0.322 e. The number of aliphatic hydroxyl groups excluding tert-OH is 1. The lowest BCUT2D eigenvalue weighted by Crippen LogP contribution is -2.54. The first kappa shape index (κ1) is 94.6. The average Bonchev–Trinajstić information content (AvgIpc) is 1.18. The van der Waals surface area contributed by atoms with Gasteiger partial charge in [0.05, 0.1) is 178 Å². The molecule has 0 unspecified atom stereocenters. The number of aliphatic carboxylic acids is 1. The predicted octanol–water partition coefficient (Wildman–Crippen LogP) is 8.24. The summed E-state index contributed by atoms with van der Waals surface area (Å²) in [6, 6.07) is -2.23. The summed E-state index contributed by atoms with van der Waals surface area (Å²) < 4.78 is 77.2. The highest BCUT2D eigenvalue weighted by Crippen LogP contribution is 2.17. The number of carboxylic acids is 1. The van der Waals surface area contributed by atoms with E-state index in [1.54, 1.807) is 0 Å². The fraction of sp³-hybridized carbons (Fsp3) is 0.915. The maximum absolute atomic E-state index is 13.0. The number of hydrogen-bond donors (Lipinski definition) is 6. The molecule has 0 aliphatic heterocycles. The molecule has 0 bridgehead atoms. The van der Waals surface area contributed by atoms with Crippen molar-refractivity contribution >= 4 is 47.4 Å². The van der Waals surface area contributed by atoms with E-state index in [-0.39, 0.29) is 63.0 Å². The Balaban J connectivity index is 4.05. The van der Waals surface area contributed by atoms with Gasteiger partial charge in [0.15, 0.2) is 0 Å². The highest BCUT2D eigenvalue weighted by Gasteiger charge is 2.24. The van der Waals surface area contributed by atoms with Crippen LogP contribution in [0.4, 0.5) is 0 Å². The van der Waals surface area contributed by atoms with E-state index in [4.69, 9.17) is 77.2 Å². The van der Waals surface area contributed by atoms with Crippen LogP contribution in [0.2, 0.25) is 0 Å². The number of ether oxygens (including phenoxy) is 14. The molecule has 7 N–H and O–H groups in total. The Labute approximate surface area is 593 Å². The third-order valence-electron chi connectivity index (χ3n) is 15.3. The lowest BCUT2D eigenvalue weighted by molar-refractivity contribution is -0.150. The molecule has 0 aromatic heterocycles. The van der Waals surface area contributed by atoms with Gasteiger partial charge in [0.1, 0.15) is 18.7 Å². The fourth-order valence-electron chi connectivity index (χ4n) is 9.56. The van der Waals surface area contributed by atoms with E-state index in [1.807, 2.05) is 0 Å². The van der Waals surface area contributed by atoms with Gasteiger partial charge in [0, 0.05) is 43.7 Å². The number of carboxylic acid groups (broad SMARTS) is 1. The number of carbonyl (C=O) groups is 6. The normalized spacial score (nSPS) is 12.4. The van der Waals surface area contributed by atoms with Gasteiger partial charge in [-0.25, -0.2) is 0 Å². The minimum Gasteiger partial charge on any atom is -0.480 e.